The zero-order valence-corrected chi connectivity index (χ0v) is 17.1. The second-order valence-corrected chi connectivity index (χ2v) is 6.95. The number of hydrogen-bond donors (Lipinski definition) is 1. The van der Waals surface area contributed by atoms with Crippen molar-refractivity contribution in [1.82, 2.24) is 5.32 Å². The van der Waals surface area contributed by atoms with Gasteiger partial charge in [0.2, 0.25) is 5.91 Å². The van der Waals surface area contributed by atoms with Gasteiger partial charge in [-0.05, 0) is 29.7 Å². The molecule has 2 aromatic carbocycles. The fourth-order valence-corrected chi connectivity index (χ4v) is 3.16. The molecule has 5 nitrogen and oxygen atoms in total. The number of benzene rings is 2. The maximum absolute atomic E-state index is 12.9. The molecule has 0 saturated carbocycles. The van der Waals surface area contributed by atoms with Crippen molar-refractivity contribution in [3.05, 3.63) is 52.5 Å². The molecule has 0 aliphatic carbocycles. The van der Waals surface area contributed by atoms with Crippen molar-refractivity contribution >= 4 is 17.5 Å². The van der Waals surface area contributed by atoms with Crippen LogP contribution in [0.3, 0.4) is 0 Å². The normalized spacial score (nSPS) is 11.8. The minimum atomic E-state index is -0.270. The number of rotatable bonds is 8. The summed E-state index contributed by atoms with van der Waals surface area (Å²) in [6.07, 6.45) is 0. The van der Waals surface area contributed by atoms with Crippen LogP contribution in [0.15, 0.2) is 36.4 Å². The van der Waals surface area contributed by atoms with Crippen molar-refractivity contribution in [3.8, 4) is 17.2 Å². The third kappa shape index (κ3) is 5.07. The highest BCUT2D eigenvalue weighted by atomic mass is 35.5. The molecule has 2 rings (SSSR count). The number of halogens is 1. The molecular formula is C21H26ClNO4. The first-order valence-electron chi connectivity index (χ1n) is 8.73. The van der Waals surface area contributed by atoms with Gasteiger partial charge in [0.15, 0.2) is 11.5 Å². The summed E-state index contributed by atoms with van der Waals surface area (Å²) in [4.78, 5) is 12.9. The first kappa shape index (κ1) is 20.9. The van der Waals surface area contributed by atoms with Crippen molar-refractivity contribution in [2.24, 2.45) is 5.92 Å². The van der Waals surface area contributed by atoms with E-state index in [1.807, 2.05) is 32.0 Å². The third-order valence-electron chi connectivity index (χ3n) is 4.42. The topological polar surface area (TPSA) is 56.8 Å². The van der Waals surface area contributed by atoms with Gasteiger partial charge in [-0.15, -0.1) is 0 Å². The number of carbonyl (C=O) groups is 1. The molecule has 1 N–H and O–H groups in total. The maximum atomic E-state index is 12.9. The third-order valence-corrected chi connectivity index (χ3v) is 4.67. The van der Waals surface area contributed by atoms with E-state index in [1.54, 1.807) is 39.5 Å². The minimum absolute atomic E-state index is 0.0517. The Balaban J connectivity index is 2.21. The van der Waals surface area contributed by atoms with Crippen LogP contribution < -0.4 is 19.5 Å². The Morgan fingerprint density at radius 3 is 2.04 bits per heavy atom. The van der Waals surface area contributed by atoms with Crippen LogP contribution in [-0.2, 0) is 11.3 Å². The summed E-state index contributed by atoms with van der Waals surface area (Å²) in [7, 11) is 4.72. The van der Waals surface area contributed by atoms with Crippen molar-refractivity contribution in [2.45, 2.75) is 26.3 Å². The van der Waals surface area contributed by atoms with Gasteiger partial charge in [0.1, 0.15) is 5.75 Å². The van der Waals surface area contributed by atoms with Crippen LogP contribution in [0.1, 0.15) is 30.9 Å². The van der Waals surface area contributed by atoms with Crippen LogP contribution >= 0.6 is 11.6 Å². The van der Waals surface area contributed by atoms with E-state index in [0.29, 0.717) is 28.8 Å². The van der Waals surface area contributed by atoms with Crippen molar-refractivity contribution in [3.63, 3.8) is 0 Å². The molecule has 0 aliphatic heterocycles. The Morgan fingerprint density at radius 2 is 1.52 bits per heavy atom. The van der Waals surface area contributed by atoms with E-state index < -0.39 is 0 Å². The summed E-state index contributed by atoms with van der Waals surface area (Å²) in [6.45, 7) is 4.37. The van der Waals surface area contributed by atoms with Crippen LogP contribution in [-0.4, -0.2) is 27.2 Å². The highest BCUT2D eigenvalue weighted by Gasteiger charge is 2.24. The first-order chi connectivity index (χ1) is 12.9. The van der Waals surface area contributed by atoms with Gasteiger partial charge in [-0.25, -0.2) is 0 Å². The van der Waals surface area contributed by atoms with E-state index in [4.69, 9.17) is 25.8 Å². The molecule has 0 bridgehead atoms. The molecule has 6 heteroatoms. The number of methoxy groups -OCH3 is 3. The Hall–Kier alpha value is -2.40. The van der Waals surface area contributed by atoms with E-state index in [1.165, 1.54) is 0 Å². The van der Waals surface area contributed by atoms with Crippen LogP contribution in [0, 0.1) is 5.92 Å². The lowest BCUT2D eigenvalue weighted by Crippen LogP contribution is -2.31. The highest BCUT2D eigenvalue weighted by Crippen LogP contribution is 2.34. The molecule has 146 valence electrons. The largest absolute Gasteiger partial charge is 0.496 e. The van der Waals surface area contributed by atoms with Gasteiger partial charge < -0.3 is 19.5 Å². The molecule has 0 spiro atoms. The predicted molar refractivity (Wildman–Crippen MR) is 107 cm³/mol. The molecule has 0 unspecified atom stereocenters. The van der Waals surface area contributed by atoms with E-state index in [2.05, 4.69) is 5.32 Å². The molecule has 1 amide bonds. The number of carbonyl (C=O) groups excluding carboxylic acids is 1. The van der Waals surface area contributed by atoms with Gasteiger partial charge in [0.25, 0.3) is 0 Å². The molecule has 0 aliphatic rings. The molecule has 1 atom stereocenters. The molecule has 27 heavy (non-hydrogen) atoms. The SMILES string of the molecule is COc1cc(OC)c(OC)cc1CNC(=O)[C@H](c1ccc(Cl)cc1)C(C)C. The number of nitrogens with one attached hydrogen (secondary N) is 1. The van der Waals surface area contributed by atoms with Crippen molar-refractivity contribution in [1.29, 1.82) is 0 Å². The summed E-state index contributed by atoms with van der Waals surface area (Å²) in [5.74, 6) is 1.60. The standard InChI is InChI=1S/C21H26ClNO4/c1-13(2)20(14-6-8-16(22)9-7-14)21(24)23-12-15-10-18(26-4)19(27-5)11-17(15)25-3/h6-11,13,20H,12H2,1-5H3,(H,23,24)/t20-/m0/s1. The van der Waals surface area contributed by atoms with E-state index in [-0.39, 0.29) is 17.7 Å². The van der Waals surface area contributed by atoms with Crippen molar-refractivity contribution < 1.29 is 19.0 Å². The molecule has 0 heterocycles. The molecule has 2 aromatic rings. The first-order valence-corrected chi connectivity index (χ1v) is 9.11. The van der Waals surface area contributed by atoms with Crippen LogP contribution in [0.2, 0.25) is 5.02 Å². The summed E-state index contributed by atoms with van der Waals surface area (Å²) < 4.78 is 16.1. The fraction of sp³-hybridized carbons (Fsp3) is 0.381. The van der Waals surface area contributed by atoms with Gasteiger partial charge in [-0.2, -0.15) is 0 Å². The Labute approximate surface area is 165 Å². The average molecular weight is 392 g/mol. The summed E-state index contributed by atoms with van der Waals surface area (Å²) in [5.41, 5.74) is 1.74. The molecular weight excluding hydrogens is 366 g/mol. The number of hydrogen-bond acceptors (Lipinski definition) is 4. The highest BCUT2D eigenvalue weighted by molar-refractivity contribution is 6.30. The van der Waals surface area contributed by atoms with Gasteiger partial charge in [0.05, 0.1) is 27.2 Å². The lowest BCUT2D eigenvalue weighted by Gasteiger charge is -2.21. The van der Waals surface area contributed by atoms with E-state index in [9.17, 15) is 4.79 Å². The zero-order valence-electron chi connectivity index (χ0n) is 16.3. The Bertz CT molecular complexity index is 774. The number of amides is 1. The second kappa shape index (κ2) is 9.51. The van der Waals surface area contributed by atoms with Gasteiger partial charge in [0, 0.05) is 23.2 Å². The second-order valence-electron chi connectivity index (χ2n) is 6.51. The quantitative estimate of drug-likeness (QED) is 0.723. The summed E-state index contributed by atoms with van der Waals surface area (Å²) in [6, 6.07) is 10.9. The van der Waals surface area contributed by atoms with Crippen molar-refractivity contribution in [2.75, 3.05) is 21.3 Å². The van der Waals surface area contributed by atoms with Crippen LogP contribution in [0.25, 0.3) is 0 Å². The van der Waals surface area contributed by atoms with Crippen LogP contribution in [0.5, 0.6) is 17.2 Å². The lowest BCUT2D eigenvalue weighted by atomic mass is 9.87. The smallest absolute Gasteiger partial charge is 0.228 e. The molecule has 0 radical (unpaired) electrons. The zero-order chi connectivity index (χ0) is 20.0. The predicted octanol–water partition coefficient (Wildman–Crippen LogP) is 4.42. The lowest BCUT2D eigenvalue weighted by molar-refractivity contribution is -0.123. The summed E-state index contributed by atoms with van der Waals surface area (Å²) in [5, 5.41) is 3.66. The molecule has 0 aromatic heterocycles. The van der Waals surface area contributed by atoms with Gasteiger partial charge in [-0.3, -0.25) is 4.79 Å². The maximum Gasteiger partial charge on any atom is 0.228 e. The monoisotopic (exact) mass is 391 g/mol. The molecule has 0 fully saturated rings. The van der Waals surface area contributed by atoms with Gasteiger partial charge in [-0.1, -0.05) is 37.6 Å². The number of ether oxygens (including phenoxy) is 3. The van der Waals surface area contributed by atoms with Gasteiger partial charge >= 0.3 is 0 Å². The van der Waals surface area contributed by atoms with E-state index in [0.717, 1.165) is 11.1 Å². The molecule has 0 saturated heterocycles. The minimum Gasteiger partial charge on any atom is -0.496 e. The average Bonchev–Trinajstić information content (AvgIpc) is 2.66. The fourth-order valence-electron chi connectivity index (χ4n) is 3.03. The van der Waals surface area contributed by atoms with Crippen LogP contribution in [0.4, 0.5) is 0 Å². The Kier molecular flexibility index (Phi) is 7.36. The summed E-state index contributed by atoms with van der Waals surface area (Å²) >= 11 is 5.97. The Morgan fingerprint density at radius 1 is 0.963 bits per heavy atom. The van der Waals surface area contributed by atoms with E-state index >= 15 is 0 Å².